The van der Waals surface area contributed by atoms with Crippen LogP contribution < -0.4 is 11.1 Å². The van der Waals surface area contributed by atoms with Crippen LogP contribution in [0.1, 0.15) is 74.5 Å². The number of aryl methyl sites for hydroxylation is 1. The summed E-state index contributed by atoms with van der Waals surface area (Å²) in [6.45, 7) is 4.59. The van der Waals surface area contributed by atoms with E-state index in [1.807, 2.05) is 42.5 Å². The van der Waals surface area contributed by atoms with Crippen LogP contribution in [0.2, 0.25) is 5.02 Å². The molecular weight excluding hydrogens is 614 g/mol. The molecule has 0 amide bonds. The van der Waals surface area contributed by atoms with Gasteiger partial charge in [0.1, 0.15) is 0 Å². The number of unbranched alkanes of at least 4 members (excludes halogenated alkanes) is 1. The van der Waals surface area contributed by atoms with E-state index >= 15 is 0 Å². The number of benzene rings is 3. The van der Waals surface area contributed by atoms with Gasteiger partial charge in [0.2, 0.25) is 0 Å². The van der Waals surface area contributed by atoms with Gasteiger partial charge in [-0.3, -0.25) is 4.39 Å². The van der Waals surface area contributed by atoms with Crippen LogP contribution in [0.3, 0.4) is 0 Å². The first-order valence-electron chi connectivity index (χ1n) is 13.9. The van der Waals surface area contributed by atoms with Crippen LogP contribution in [-0.4, -0.2) is 43.6 Å². The molecular formula is C33H49ClFN3O2Y-2. The smallest absolute Gasteiger partial charge is 0.0430 e. The minimum absolute atomic E-state index is 0. The Hall–Kier alpha value is -1.22. The molecule has 8 heteroatoms. The summed E-state index contributed by atoms with van der Waals surface area (Å²) in [6.07, 6.45) is 9.17. The van der Waals surface area contributed by atoms with Gasteiger partial charge in [-0.2, -0.15) is 0 Å². The van der Waals surface area contributed by atoms with Gasteiger partial charge in [0.15, 0.2) is 0 Å². The maximum atomic E-state index is 14.5. The predicted molar refractivity (Wildman–Crippen MR) is 169 cm³/mol. The van der Waals surface area contributed by atoms with E-state index < -0.39 is 0 Å². The van der Waals surface area contributed by atoms with Crippen molar-refractivity contribution in [3.63, 3.8) is 0 Å². The molecule has 0 heterocycles. The van der Waals surface area contributed by atoms with Crippen molar-refractivity contribution < 1.29 is 47.3 Å². The van der Waals surface area contributed by atoms with Crippen LogP contribution in [0.15, 0.2) is 60.7 Å². The Labute approximate surface area is 277 Å². The predicted octanol–water partition coefficient (Wildman–Crippen LogP) is 7.99. The summed E-state index contributed by atoms with van der Waals surface area (Å²) in [5, 5.41) is 18.9. The van der Waals surface area contributed by atoms with Crippen molar-refractivity contribution in [2.24, 2.45) is 5.73 Å². The second-order valence-electron chi connectivity index (χ2n) is 9.49. The van der Waals surface area contributed by atoms with E-state index in [1.165, 1.54) is 32.1 Å². The molecule has 5 nitrogen and oxygen atoms in total. The first-order valence-corrected chi connectivity index (χ1v) is 14.3. The number of aliphatic hydroxyl groups is 2. The summed E-state index contributed by atoms with van der Waals surface area (Å²) in [6, 6.07) is 22.9. The first kappa shape index (κ1) is 41.9. The normalized spacial score (nSPS) is 12.9. The fraction of sp³-hybridized carbons (Fsp3) is 0.455. The summed E-state index contributed by atoms with van der Waals surface area (Å²) < 4.78 is 14.5. The molecule has 1 fully saturated rings. The second-order valence-corrected chi connectivity index (χ2v) is 9.90. The summed E-state index contributed by atoms with van der Waals surface area (Å²) >= 11 is 6.33. The number of hydrogen-bond acceptors (Lipinski definition) is 4. The van der Waals surface area contributed by atoms with Gasteiger partial charge in [-0.25, -0.2) is 0 Å². The van der Waals surface area contributed by atoms with Gasteiger partial charge in [0.05, 0.1) is 0 Å². The van der Waals surface area contributed by atoms with Crippen LogP contribution in [0.25, 0.3) is 17.3 Å². The van der Waals surface area contributed by atoms with Gasteiger partial charge >= 0.3 is 0 Å². The standard InChI is InChI=1S/C21H18ClFN.C7H15N.C4H10O.CH4O.H2N.Y/c1-14-6-5-9-17(21(14)23)18-12-16(10-11-20(18)22)19(13-24)15-7-3-2-4-8-15;1-8-7-5-3-2-4-6-7;1-2-3-4-5;1-2;;/h2-8,10-12,19H,13,24H2,1H3;7-8H,2-6H2,1H3;5H,2-4H2,1H3;2H,1H3;1H2;/q-1;;;;-1;. The molecule has 1 aliphatic carbocycles. The van der Waals surface area contributed by atoms with Crippen molar-refractivity contribution in [2.75, 3.05) is 27.3 Å². The Morgan fingerprint density at radius 1 is 1.05 bits per heavy atom. The van der Waals surface area contributed by atoms with Crippen molar-refractivity contribution >= 4 is 11.6 Å². The van der Waals surface area contributed by atoms with Crippen molar-refractivity contribution in [3.05, 3.63) is 100 Å². The second kappa shape index (κ2) is 25.3. The van der Waals surface area contributed by atoms with Crippen molar-refractivity contribution in [1.82, 2.24) is 5.32 Å². The third-order valence-electron chi connectivity index (χ3n) is 6.75. The maximum Gasteiger partial charge on any atom is 0.0430 e. The van der Waals surface area contributed by atoms with Gasteiger partial charge in [0, 0.05) is 75.8 Å². The average molecular weight is 663 g/mol. The number of hydrogen-bond donors (Lipinski definition) is 4. The maximum absolute atomic E-state index is 14.5. The molecule has 0 aliphatic heterocycles. The van der Waals surface area contributed by atoms with Gasteiger partial charge in [-0.05, 0) is 37.4 Å². The minimum atomic E-state index is -0.291. The summed E-state index contributed by atoms with van der Waals surface area (Å²) in [4.78, 5) is 0. The number of aliphatic hydroxyl groups excluding tert-OH is 2. The molecule has 41 heavy (non-hydrogen) atoms. The Kier molecular flexibility index (Phi) is 25.9. The van der Waals surface area contributed by atoms with Crippen LogP contribution in [-0.2, 0) is 32.7 Å². The van der Waals surface area contributed by atoms with Crippen molar-refractivity contribution in [2.45, 2.75) is 70.8 Å². The van der Waals surface area contributed by atoms with E-state index in [0.717, 1.165) is 37.1 Å². The summed E-state index contributed by atoms with van der Waals surface area (Å²) in [5.41, 5.74) is 9.75. The van der Waals surface area contributed by atoms with Crippen LogP contribution >= 0.6 is 11.6 Å². The molecule has 1 aliphatic rings. The zero-order valence-corrected chi connectivity index (χ0v) is 28.8. The molecule has 227 valence electrons. The molecule has 1 radical (unpaired) electrons. The monoisotopic (exact) mass is 662 g/mol. The minimum Gasteiger partial charge on any atom is -0.693 e. The largest absolute Gasteiger partial charge is 0.693 e. The first-order chi connectivity index (χ1) is 19.0. The topological polar surface area (TPSA) is 112 Å². The van der Waals surface area contributed by atoms with Crippen LogP contribution in [0.5, 0.6) is 0 Å². The van der Waals surface area contributed by atoms with Crippen LogP contribution in [0, 0.1) is 18.8 Å². The molecule has 0 spiro atoms. The molecule has 0 saturated heterocycles. The Bertz CT molecular complexity index is 1050. The molecule has 3 aromatic rings. The molecule has 4 rings (SSSR count). The van der Waals surface area contributed by atoms with Gasteiger partial charge < -0.3 is 27.4 Å². The van der Waals surface area contributed by atoms with Gasteiger partial charge in [0.25, 0.3) is 0 Å². The number of halogens is 2. The van der Waals surface area contributed by atoms with Crippen LogP contribution in [0.4, 0.5) is 4.39 Å². The molecule has 1 unspecified atom stereocenters. The zero-order valence-electron chi connectivity index (χ0n) is 25.2. The average Bonchev–Trinajstić information content (AvgIpc) is 2.99. The van der Waals surface area contributed by atoms with E-state index in [1.54, 1.807) is 25.1 Å². The van der Waals surface area contributed by atoms with Crippen molar-refractivity contribution in [3.8, 4) is 11.1 Å². The Balaban J connectivity index is 0. The SMILES string of the molecule is CCCCO.CNC1CCCCC1.CO.Cc1cc[c-]c(-c2cc(C(CN)c3ccccc3)ccc2Cl)c1F.[NH2-].[Y]. The third kappa shape index (κ3) is 14.7. The number of nitrogens with two attached hydrogens (primary N) is 2. The molecule has 1 saturated carbocycles. The molecule has 1 atom stereocenters. The number of nitrogens with one attached hydrogen (secondary N) is 1. The molecule has 0 aromatic heterocycles. The number of rotatable bonds is 7. The van der Waals surface area contributed by atoms with Gasteiger partial charge in [-0.15, -0.1) is 23.8 Å². The Morgan fingerprint density at radius 2 is 1.68 bits per heavy atom. The van der Waals surface area contributed by atoms with E-state index in [2.05, 4.69) is 25.4 Å². The van der Waals surface area contributed by atoms with E-state index in [0.29, 0.717) is 34.9 Å². The third-order valence-corrected chi connectivity index (χ3v) is 7.08. The zero-order chi connectivity index (χ0) is 29.0. The molecule has 3 aromatic carbocycles. The van der Waals surface area contributed by atoms with E-state index in [4.69, 9.17) is 27.5 Å². The molecule has 7 N–H and O–H groups in total. The van der Waals surface area contributed by atoms with E-state index in [9.17, 15) is 4.39 Å². The van der Waals surface area contributed by atoms with Crippen molar-refractivity contribution in [1.29, 1.82) is 0 Å². The van der Waals surface area contributed by atoms with Gasteiger partial charge in [-0.1, -0.05) is 111 Å². The summed E-state index contributed by atoms with van der Waals surface area (Å²) in [7, 11) is 3.07. The van der Waals surface area contributed by atoms with E-state index in [-0.39, 0.29) is 50.6 Å². The fourth-order valence-electron chi connectivity index (χ4n) is 4.43. The fourth-order valence-corrected chi connectivity index (χ4v) is 4.64. The summed E-state index contributed by atoms with van der Waals surface area (Å²) in [5.74, 6) is -0.254. The molecule has 0 bridgehead atoms. The Morgan fingerprint density at radius 3 is 2.17 bits per heavy atom. The quantitative estimate of drug-likeness (QED) is 0.192.